The van der Waals surface area contributed by atoms with Gasteiger partial charge in [-0.15, -0.1) is 0 Å². The van der Waals surface area contributed by atoms with E-state index in [0.29, 0.717) is 12.0 Å². The van der Waals surface area contributed by atoms with E-state index in [2.05, 4.69) is 37.4 Å². The zero-order chi connectivity index (χ0) is 15.2. The third-order valence-electron chi connectivity index (χ3n) is 3.51. The van der Waals surface area contributed by atoms with Crippen molar-refractivity contribution in [3.63, 3.8) is 0 Å². The van der Waals surface area contributed by atoms with E-state index >= 15 is 0 Å². The summed E-state index contributed by atoms with van der Waals surface area (Å²) in [7, 11) is 0. The second-order valence-corrected chi connectivity index (χ2v) is 6.46. The molecule has 0 aliphatic carbocycles. The molecule has 3 heteroatoms. The molecule has 1 N–H and O–H groups in total. The predicted molar refractivity (Wildman–Crippen MR) is 92.5 cm³/mol. The largest absolute Gasteiger partial charge is 0.314 e. The summed E-state index contributed by atoms with van der Waals surface area (Å²) in [5.41, 5.74) is 2.47. The summed E-state index contributed by atoms with van der Waals surface area (Å²) in [5, 5.41) is 5.13. The summed E-state index contributed by atoms with van der Waals surface area (Å²) in [6, 6.07) is 16.6. The maximum absolute atomic E-state index is 6.38. The molecule has 2 rings (SSSR count). The van der Waals surface area contributed by atoms with Crippen molar-refractivity contribution in [1.29, 1.82) is 0 Å². The number of hydrogen-bond donors (Lipinski definition) is 1. The molecule has 0 saturated carbocycles. The lowest BCUT2D eigenvalue weighted by atomic mass is 9.91. The van der Waals surface area contributed by atoms with Crippen LogP contribution in [0.25, 0.3) is 0 Å². The molecule has 1 nitrogen and oxygen atoms in total. The minimum absolute atomic E-state index is 0.349. The average molecular weight is 322 g/mol. The van der Waals surface area contributed by atoms with Gasteiger partial charge in [-0.1, -0.05) is 67.4 Å². The van der Waals surface area contributed by atoms with Crippen LogP contribution < -0.4 is 5.32 Å². The van der Waals surface area contributed by atoms with Gasteiger partial charge in [0.05, 0.1) is 0 Å². The molecule has 2 aromatic carbocycles. The molecule has 0 aromatic heterocycles. The minimum atomic E-state index is 0.349. The Morgan fingerprint density at radius 2 is 1.62 bits per heavy atom. The van der Waals surface area contributed by atoms with Crippen LogP contribution >= 0.6 is 23.2 Å². The molecule has 0 radical (unpaired) electrons. The molecule has 0 amide bonds. The first kappa shape index (κ1) is 16.4. The van der Waals surface area contributed by atoms with Crippen molar-refractivity contribution in [2.45, 2.75) is 32.2 Å². The van der Waals surface area contributed by atoms with E-state index in [1.54, 1.807) is 0 Å². The van der Waals surface area contributed by atoms with E-state index in [-0.39, 0.29) is 0 Å². The Hall–Kier alpha value is -1.02. The third kappa shape index (κ3) is 5.03. The number of nitrogens with one attached hydrogen (secondary N) is 1. The topological polar surface area (TPSA) is 12.0 Å². The van der Waals surface area contributed by atoms with Crippen molar-refractivity contribution < 1.29 is 0 Å². The third-order valence-corrected chi connectivity index (χ3v) is 4.11. The highest BCUT2D eigenvalue weighted by molar-refractivity contribution is 6.31. The zero-order valence-corrected chi connectivity index (χ0v) is 14.0. The van der Waals surface area contributed by atoms with Gasteiger partial charge in [0.1, 0.15) is 0 Å². The Bertz CT molecular complexity index is 564. The summed E-state index contributed by atoms with van der Waals surface area (Å²) in [5.74, 6) is 0.349. The molecule has 112 valence electrons. The second-order valence-electron chi connectivity index (χ2n) is 5.61. The minimum Gasteiger partial charge on any atom is -0.314 e. The van der Waals surface area contributed by atoms with Crippen molar-refractivity contribution >= 4 is 23.2 Å². The quantitative estimate of drug-likeness (QED) is 0.759. The van der Waals surface area contributed by atoms with Gasteiger partial charge in [0.25, 0.3) is 0 Å². The van der Waals surface area contributed by atoms with Crippen molar-refractivity contribution in [3.8, 4) is 0 Å². The summed E-state index contributed by atoms with van der Waals surface area (Å²) in [4.78, 5) is 0. The van der Waals surface area contributed by atoms with Gasteiger partial charge >= 0.3 is 0 Å². The summed E-state index contributed by atoms with van der Waals surface area (Å²) in [6.45, 7) is 5.22. The van der Waals surface area contributed by atoms with Gasteiger partial charge in [0, 0.05) is 28.5 Å². The molecule has 2 aromatic rings. The lowest BCUT2D eigenvalue weighted by Crippen LogP contribution is -2.29. The van der Waals surface area contributed by atoms with Crippen LogP contribution in [-0.2, 0) is 6.42 Å². The second kappa shape index (κ2) is 7.84. The van der Waals surface area contributed by atoms with Crippen molar-refractivity contribution in [2.75, 3.05) is 6.54 Å². The summed E-state index contributed by atoms with van der Waals surface area (Å²) in [6.07, 6.45) is 0.945. The molecule has 0 aliphatic rings. The molecule has 1 atom stereocenters. The van der Waals surface area contributed by atoms with Gasteiger partial charge in [-0.2, -0.15) is 0 Å². The van der Waals surface area contributed by atoms with E-state index in [0.717, 1.165) is 23.0 Å². The molecule has 1 unspecified atom stereocenters. The SMILES string of the molecule is CC(C)NCC(Cc1ccc(Cl)cc1)c1ccccc1Cl. The first-order valence-electron chi connectivity index (χ1n) is 7.28. The van der Waals surface area contributed by atoms with Crippen LogP contribution in [0.5, 0.6) is 0 Å². The highest BCUT2D eigenvalue weighted by atomic mass is 35.5. The van der Waals surface area contributed by atoms with Crippen molar-refractivity contribution in [3.05, 3.63) is 69.7 Å². The Labute approximate surface area is 137 Å². The smallest absolute Gasteiger partial charge is 0.0441 e. The number of benzene rings is 2. The molecule has 0 heterocycles. The van der Waals surface area contributed by atoms with Gasteiger partial charge in [-0.25, -0.2) is 0 Å². The number of halogens is 2. The molecule has 21 heavy (non-hydrogen) atoms. The first-order valence-corrected chi connectivity index (χ1v) is 8.04. The van der Waals surface area contributed by atoms with E-state index < -0.39 is 0 Å². The Kier molecular flexibility index (Phi) is 6.10. The van der Waals surface area contributed by atoms with Crippen molar-refractivity contribution in [1.82, 2.24) is 5.32 Å². The fraction of sp³-hybridized carbons (Fsp3) is 0.333. The Morgan fingerprint density at radius 3 is 2.24 bits per heavy atom. The zero-order valence-electron chi connectivity index (χ0n) is 12.4. The fourth-order valence-corrected chi connectivity index (χ4v) is 2.80. The van der Waals surface area contributed by atoms with Crippen molar-refractivity contribution in [2.24, 2.45) is 0 Å². The molecule has 0 fully saturated rings. The summed E-state index contributed by atoms with van der Waals surface area (Å²) < 4.78 is 0. The van der Waals surface area contributed by atoms with Crippen LogP contribution in [-0.4, -0.2) is 12.6 Å². The summed E-state index contributed by atoms with van der Waals surface area (Å²) >= 11 is 12.3. The molecule has 0 aliphatic heterocycles. The van der Waals surface area contributed by atoms with Gasteiger partial charge in [0.15, 0.2) is 0 Å². The van der Waals surface area contributed by atoms with Crippen LogP contribution in [0, 0.1) is 0 Å². The van der Waals surface area contributed by atoms with E-state index in [1.807, 2.05) is 30.3 Å². The molecule has 0 saturated heterocycles. The number of rotatable bonds is 6. The van der Waals surface area contributed by atoms with E-state index in [9.17, 15) is 0 Å². The van der Waals surface area contributed by atoms with Gasteiger partial charge in [0.2, 0.25) is 0 Å². The highest BCUT2D eigenvalue weighted by Crippen LogP contribution is 2.27. The lowest BCUT2D eigenvalue weighted by molar-refractivity contribution is 0.527. The van der Waals surface area contributed by atoms with Gasteiger partial charge < -0.3 is 5.32 Å². The fourth-order valence-electron chi connectivity index (χ4n) is 2.38. The van der Waals surface area contributed by atoms with Gasteiger partial charge in [-0.3, -0.25) is 0 Å². The Balaban J connectivity index is 2.19. The van der Waals surface area contributed by atoms with E-state index in [4.69, 9.17) is 23.2 Å². The Morgan fingerprint density at radius 1 is 0.952 bits per heavy atom. The monoisotopic (exact) mass is 321 g/mol. The standard InChI is InChI=1S/C18H21Cl2N/c1-13(2)21-12-15(17-5-3-4-6-18(17)20)11-14-7-9-16(19)10-8-14/h3-10,13,15,21H,11-12H2,1-2H3. The maximum atomic E-state index is 6.38. The maximum Gasteiger partial charge on any atom is 0.0441 e. The van der Waals surface area contributed by atoms with E-state index in [1.165, 1.54) is 11.1 Å². The van der Waals surface area contributed by atoms with Crippen LogP contribution in [0.2, 0.25) is 10.0 Å². The van der Waals surface area contributed by atoms with Crippen LogP contribution in [0.1, 0.15) is 30.9 Å². The molecular weight excluding hydrogens is 301 g/mol. The average Bonchev–Trinajstić information content (AvgIpc) is 2.46. The van der Waals surface area contributed by atoms with Crippen LogP contribution in [0.3, 0.4) is 0 Å². The highest BCUT2D eigenvalue weighted by Gasteiger charge is 2.15. The first-order chi connectivity index (χ1) is 10.1. The molecule has 0 spiro atoms. The molecule has 0 bridgehead atoms. The number of hydrogen-bond acceptors (Lipinski definition) is 1. The lowest BCUT2D eigenvalue weighted by Gasteiger charge is -2.21. The van der Waals surface area contributed by atoms with Crippen LogP contribution in [0.15, 0.2) is 48.5 Å². The van der Waals surface area contributed by atoms with Gasteiger partial charge in [-0.05, 0) is 35.7 Å². The molecular formula is C18H21Cl2N. The normalized spacial score (nSPS) is 12.6. The predicted octanol–water partition coefficient (Wildman–Crippen LogP) is 5.32. The van der Waals surface area contributed by atoms with Crippen LogP contribution in [0.4, 0.5) is 0 Å².